The van der Waals surface area contributed by atoms with Crippen LogP contribution in [0.4, 0.5) is 8.78 Å². The van der Waals surface area contributed by atoms with Gasteiger partial charge in [0, 0.05) is 0 Å². The third-order valence-electron chi connectivity index (χ3n) is 1.40. The molecule has 1 nitrogen and oxygen atoms in total. The van der Waals surface area contributed by atoms with Crippen LogP contribution in [0.15, 0.2) is 0 Å². The topological polar surface area (TPSA) is 17.1 Å². The normalized spacial score (nSPS) is 20.4. The Morgan fingerprint density at radius 1 is 1.78 bits per heavy atom. The molecule has 2 atom stereocenters. The smallest absolute Gasteiger partial charge is 0.196 e. The van der Waals surface area contributed by atoms with Crippen molar-refractivity contribution in [3.05, 3.63) is 0 Å². The molecule has 0 aromatic heterocycles. The van der Waals surface area contributed by atoms with Crippen LogP contribution in [0, 0.1) is 0 Å². The third-order valence-corrected chi connectivity index (χ3v) is 1.40. The maximum absolute atomic E-state index is 12.6. The van der Waals surface area contributed by atoms with Gasteiger partial charge in [0.2, 0.25) is 0 Å². The maximum Gasteiger partial charge on any atom is 0.196 e. The largest absolute Gasteiger partial charge is 0.300 e. The molecule has 0 aromatic rings. The van der Waals surface area contributed by atoms with E-state index in [-0.39, 0.29) is 12.7 Å². The van der Waals surface area contributed by atoms with Crippen LogP contribution in [0.3, 0.4) is 0 Å². The molecule has 0 saturated carbocycles. The molecule has 2 unspecified atom stereocenters. The second-order valence-corrected chi connectivity index (χ2v) is 2.01. The molecule has 0 aliphatic carbocycles. The van der Waals surface area contributed by atoms with E-state index in [1.165, 1.54) is 6.92 Å². The van der Waals surface area contributed by atoms with Gasteiger partial charge in [-0.3, -0.25) is 4.79 Å². The van der Waals surface area contributed by atoms with E-state index >= 15 is 0 Å². The van der Waals surface area contributed by atoms with E-state index in [4.69, 9.17) is 0 Å². The Morgan fingerprint density at radius 2 is 2.22 bits per heavy atom. The minimum atomic E-state index is -2.26. The number of hydrogen-bond donors (Lipinski definition) is 0. The van der Waals surface area contributed by atoms with Crippen molar-refractivity contribution in [2.24, 2.45) is 0 Å². The highest BCUT2D eigenvalue weighted by Gasteiger charge is 2.34. The average molecular weight is 136 g/mol. The molecule has 0 spiro atoms. The van der Waals surface area contributed by atoms with Crippen LogP contribution in [0.5, 0.6) is 0 Å². The van der Waals surface area contributed by atoms with Crippen molar-refractivity contribution in [2.75, 3.05) is 0 Å². The summed E-state index contributed by atoms with van der Waals surface area (Å²) in [5.74, 6) is 0. The van der Waals surface area contributed by atoms with Crippen LogP contribution in [-0.2, 0) is 4.79 Å². The van der Waals surface area contributed by atoms with Crippen LogP contribution >= 0.6 is 0 Å². The number of rotatable bonds is 3. The zero-order valence-corrected chi connectivity index (χ0v) is 5.53. The summed E-state index contributed by atoms with van der Waals surface area (Å²) < 4.78 is 24.8. The Hall–Kier alpha value is -0.470. The molecule has 0 amide bonds. The zero-order valence-electron chi connectivity index (χ0n) is 5.53. The van der Waals surface area contributed by atoms with E-state index < -0.39 is 11.8 Å². The molecule has 54 valence electrons. The second-order valence-electron chi connectivity index (χ2n) is 2.01. The molecule has 0 aromatic carbocycles. The summed E-state index contributed by atoms with van der Waals surface area (Å²) in [6.07, 6.45) is -1.79. The van der Waals surface area contributed by atoms with Gasteiger partial charge in [0.05, 0.1) is 0 Å². The predicted octanol–water partition coefficient (Wildman–Crippen LogP) is 1.66. The molecule has 0 aliphatic rings. The first-order valence-corrected chi connectivity index (χ1v) is 2.86. The Kier molecular flexibility index (Phi) is 2.74. The quantitative estimate of drug-likeness (QED) is 0.539. The molecule has 0 fully saturated rings. The van der Waals surface area contributed by atoms with Gasteiger partial charge in [-0.2, -0.15) is 0 Å². The molecule has 0 N–H and O–H groups in total. The fraction of sp³-hybridized carbons (Fsp3) is 0.833. The third kappa shape index (κ3) is 1.73. The van der Waals surface area contributed by atoms with Crippen molar-refractivity contribution in [3.8, 4) is 0 Å². The molecule has 0 heterocycles. The van der Waals surface area contributed by atoms with Gasteiger partial charge in [0.1, 0.15) is 6.17 Å². The van der Waals surface area contributed by atoms with Crippen molar-refractivity contribution in [3.63, 3.8) is 0 Å². The first-order valence-electron chi connectivity index (χ1n) is 2.86. The lowest BCUT2D eigenvalue weighted by atomic mass is 10.0. The van der Waals surface area contributed by atoms with Crippen LogP contribution in [0.25, 0.3) is 0 Å². The Bertz CT molecular complexity index is 103. The van der Waals surface area contributed by atoms with E-state index in [1.807, 2.05) is 0 Å². The Labute approximate surface area is 53.1 Å². The number of carbonyl (C=O) groups is 1. The summed E-state index contributed by atoms with van der Waals surface area (Å²) in [5.41, 5.74) is -2.26. The monoisotopic (exact) mass is 136 g/mol. The zero-order chi connectivity index (χ0) is 7.49. The van der Waals surface area contributed by atoms with Crippen molar-refractivity contribution >= 4 is 6.29 Å². The van der Waals surface area contributed by atoms with E-state index in [1.54, 1.807) is 0 Å². The highest BCUT2D eigenvalue weighted by Crippen LogP contribution is 2.19. The fourth-order valence-electron chi connectivity index (χ4n) is 0.458. The van der Waals surface area contributed by atoms with Gasteiger partial charge in [0.25, 0.3) is 0 Å². The van der Waals surface area contributed by atoms with Gasteiger partial charge in [-0.1, -0.05) is 6.92 Å². The summed E-state index contributed by atoms with van der Waals surface area (Å²) >= 11 is 0. The van der Waals surface area contributed by atoms with Crippen LogP contribution in [-0.4, -0.2) is 18.1 Å². The lowest BCUT2D eigenvalue weighted by Crippen LogP contribution is -2.33. The van der Waals surface area contributed by atoms with E-state index in [0.717, 1.165) is 6.92 Å². The predicted molar refractivity (Wildman–Crippen MR) is 30.8 cm³/mol. The first-order chi connectivity index (χ1) is 4.06. The van der Waals surface area contributed by atoms with Crippen LogP contribution in [0.1, 0.15) is 20.3 Å². The van der Waals surface area contributed by atoms with Crippen LogP contribution < -0.4 is 0 Å². The number of aldehydes is 1. The molecule has 3 heteroatoms. The second kappa shape index (κ2) is 2.90. The molecular formula is C6H10F2O. The molecule has 0 saturated heterocycles. The number of hydrogen-bond acceptors (Lipinski definition) is 1. The average Bonchev–Trinajstić information content (AvgIpc) is 1.86. The van der Waals surface area contributed by atoms with Gasteiger partial charge in [-0.05, 0) is 13.3 Å². The Balaban J connectivity index is 4.08. The SMILES string of the molecule is CCC(F)(C=O)C(C)F. The van der Waals surface area contributed by atoms with Crippen molar-refractivity contribution in [1.82, 2.24) is 0 Å². The van der Waals surface area contributed by atoms with Gasteiger partial charge < -0.3 is 0 Å². The van der Waals surface area contributed by atoms with E-state index in [0.29, 0.717) is 0 Å². The molecule has 0 rings (SSSR count). The van der Waals surface area contributed by atoms with Gasteiger partial charge in [-0.25, -0.2) is 8.78 Å². The van der Waals surface area contributed by atoms with Crippen molar-refractivity contribution in [2.45, 2.75) is 32.1 Å². The summed E-state index contributed by atoms with van der Waals surface area (Å²) in [6, 6.07) is 0. The molecule has 0 bridgehead atoms. The summed E-state index contributed by atoms with van der Waals surface area (Å²) in [7, 11) is 0. The Morgan fingerprint density at radius 3 is 2.22 bits per heavy atom. The van der Waals surface area contributed by atoms with E-state index in [9.17, 15) is 13.6 Å². The van der Waals surface area contributed by atoms with Gasteiger partial charge in [0.15, 0.2) is 12.0 Å². The number of alkyl halides is 2. The standard InChI is InChI=1S/C6H10F2O/c1-3-6(8,4-9)5(2)7/h4-5H,3H2,1-2H3. The highest BCUT2D eigenvalue weighted by molar-refractivity contribution is 5.63. The summed E-state index contributed by atoms with van der Waals surface area (Å²) in [5, 5.41) is 0. The molecular weight excluding hydrogens is 126 g/mol. The molecule has 0 radical (unpaired) electrons. The maximum atomic E-state index is 12.6. The lowest BCUT2D eigenvalue weighted by Gasteiger charge is -2.16. The number of carbonyl (C=O) groups excluding carboxylic acids is 1. The van der Waals surface area contributed by atoms with Crippen molar-refractivity contribution < 1.29 is 13.6 Å². The van der Waals surface area contributed by atoms with Gasteiger partial charge >= 0.3 is 0 Å². The number of halogens is 2. The fourth-order valence-corrected chi connectivity index (χ4v) is 0.458. The highest BCUT2D eigenvalue weighted by atomic mass is 19.2. The molecule has 0 aliphatic heterocycles. The van der Waals surface area contributed by atoms with E-state index in [2.05, 4.69) is 0 Å². The lowest BCUT2D eigenvalue weighted by molar-refractivity contribution is -0.121. The summed E-state index contributed by atoms with van der Waals surface area (Å²) in [4.78, 5) is 9.88. The molecule has 9 heavy (non-hydrogen) atoms. The van der Waals surface area contributed by atoms with Crippen molar-refractivity contribution in [1.29, 1.82) is 0 Å². The first kappa shape index (κ1) is 8.53. The van der Waals surface area contributed by atoms with Crippen LogP contribution in [0.2, 0.25) is 0 Å². The minimum Gasteiger partial charge on any atom is -0.300 e. The van der Waals surface area contributed by atoms with Gasteiger partial charge in [-0.15, -0.1) is 0 Å². The minimum absolute atomic E-state index is 0.0255. The summed E-state index contributed by atoms with van der Waals surface area (Å²) in [6.45, 7) is 2.47.